The Morgan fingerprint density at radius 2 is 2.09 bits per heavy atom. The van der Waals surface area contributed by atoms with Crippen LogP contribution >= 0.6 is 60.1 Å². The summed E-state index contributed by atoms with van der Waals surface area (Å²) in [6.07, 6.45) is 2.08. The molecule has 1 saturated heterocycles. The Balaban J connectivity index is 0.000000187. The highest BCUT2D eigenvalue weighted by Crippen LogP contribution is 2.25. The molecule has 0 radical (unpaired) electrons. The summed E-state index contributed by atoms with van der Waals surface area (Å²) in [5.41, 5.74) is 0. The lowest BCUT2D eigenvalue weighted by molar-refractivity contribution is 1.57. The third-order valence-electron chi connectivity index (χ3n) is 0.819. The van der Waals surface area contributed by atoms with E-state index in [1.807, 2.05) is 11.8 Å². The van der Waals surface area contributed by atoms with Crippen LogP contribution in [0.3, 0.4) is 0 Å². The van der Waals surface area contributed by atoms with E-state index in [1.54, 1.807) is 23.5 Å². The van der Waals surface area contributed by atoms with Crippen molar-refractivity contribution in [3.8, 4) is 0 Å². The van der Waals surface area contributed by atoms with Gasteiger partial charge in [-0.15, -0.1) is 23.5 Å². The second-order valence-electron chi connectivity index (χ2n) is 1.66. The molecule has 11 heavy (non-hydrogen) atoms. The topological polar surface area (TPSA) is 0 Å². The van der Waals surface area contributed by atoms with Gasteiger partial charge in [-0.1, -0.05) is 12.2 Å². The molecule has 0 N–H and O–H groups in total. The Morgan fingerprint density at radius 3 is 2.18 bits per heavy atom. The van der Waals surface area contributed by atoms with Gasteiger partial charge >= 0.3 is 0 Å². The van der Waals surface area contributed by atoms with Crippen LogP contribution in [0.4, 0.5) is 0 Å². The molecule has 66 valence electrons. The molecular weight excluding hydrogens is 232 g/mol. The van der Waals surface area contributed by atoms with Gasteiger partial charge in [-0.2, -0.15) is 24.4 Å². The first-order chi connectivity index (χ1) is 5.31. The molecule has 1 aliphatic rings. The van der Waals surface area contributed by atoms with Crippen molar-refractivity contribution in [2.24, 2.45) is 0 Å². The second kappa shape index (κ2) is 9.58. The van der Waals surface area contributed by atoms with E-state index >= 15 is 0 Å². The van der Waals surface area contributed by atoms with Crippen LogP contribution in [0.25, 0.3) is 0 Å². The van der Waals surface area contributed by atoms with Gasteiger partial charge in [0.1, 0.15) is 3.53 Å². The van der Waals surface area contributed by atoms with Gasteiger partial charge in [-0.25, -0.2) is 0 Å². The second-order valence-corrected chi connectivity index (χ2v) is 6.49. The van der Waals surface area contributed by atoms with Crippen LogP contribution < -0.4 is 0 Å². The molecule has 0 nitrogen and oxygen atoms in total. The zero-order valence-electron chi connectivity index (χ0n) is 6.41. The van der Waals surface area contributed by atoms with Crippen molar-refractivity contribution in [3.05, 3.63) is 0 Å². The van der Waals surface area contributed by atoms with Gasteiger partial charge in [0.25, 0.3) is 0 Å². The first-order valence-electron chi connectivity index (χ1n) is 3.20. The summed E-state index contributed by atoms with van der Waals surface area (Å²) in [5, 5.41) is 0. The Labute approximate surface area is 92.4 Å². The van der Waals surface area contributed by atoms with E-state index in [-0.39, 0.29) is 0 Å². The monoisotopic (exact) mass is 244 g/mol. The molecule has 1 fully saturated rings. The number of thioether (sulfide) groups is 3. The van der Waals surface area contributed by atoms with Gasteiger partial charge in [0.2, 0.25) is 0 Å². The van der Waals surface area contributed by atoms with Crippen molar-refractivity contribution in [1.82, 2.24) is 0 Å². The molecule has 0 saturated carbocycles. The van der Waals surface area contributed by atoms with Crippen LogP contribution in [0.1, 0.15) is 0 Å². The molecule has 0 amide bonds. The maximum absolute atomic E-state index is 4.84. The highest BCUT2D eigenvalue weighted by molar-refractivity contribution is 8.49. The maximum Gasteiger partial charge on any atom is 0.104 e. The maximum atomic E-state index is 4.84. The average Bonchev–Trinajstić information content (AvgIpc) is 2.43. The van der Waals surface area contributed by atoms with Gasteiger partial charge in [-0.3, -0.25) is 0 Å². The smallest absolute Gasteiger partial charge is 0.104 e. The average molecular weight is 244 g/mol. The van der Waals surface area contributed by atoms with Crippen molar-refractivity contribution in [2.75, 3.05) is 29.3 Å². The molecule has 0 aliphatic carbocycles. The van der Waals surface area contributed by atoms with Gasteiger partial charge in [-0.05, 0) is 12.0 Å². The first-order valence-corrected chi connectivity index (χ1v) is 7.61. The number of hydrogen-bond acceptors (Lipinski definition) is 5. The Hall–Kier alpha value is 1.49. The molecule has 0 atom stereocenters. The minimum atomic E-state index is 1.00. The molecule has 0 aromatic carbocycles. The van der Waals surface area contributed by atoms with Crippen LogP contribution in [0, 0.1) is 0 Å². The SMILES string of the molecule is CSCCS.S=C1SCCS1. The van der Waals surface area contributed by atoms with Crippen molar-refractivity contribution in [1.29, 1.82) is 0 Å². The molecule has 0 aromatic rings. The molecule has 1 aliphatic heterocycles. The van der Waals surface area contributed by atoms with Crippen molar-refractivity contribution >= 4 is 63.7 Å². The summed E-state index contributed by atoms with van der Waals surface area (Å²) in [4.78, 5) is 0. The fourth-order valence-electron chi connectivity index (χ4n) is 0.383. The molecule has 1 heterocycles. The molecule has 1 rings (SSSR count). The molecule has 0 bridgehead atoms. The first kappa shape index (κ1) is 12.5. The van der Waals surface area contributed by atoms with E-state index in [1.165, 1.54) is 17.3 Å². The van der Waals surface area contributed by atoms with Crippen LogP contribution in [0.15, 0.2) is 0 Å². The summed E-state index contributed by atoms with van der Waals surface area (Å²) in [6, 6.07) is 0. The molecular formula is C6H12S5. The Kier molecular flexibility index (Phi) is 10.9. The molecule has 0 aromatic heterocycles. The summed E-state index contributed by atoms with van der Waals surface area (Å²) in [7, 11) is 0. The predicted octanol–water partition coefficient (Wildman–Crippen LogP) is 3.03. The lowest BCUT2D eigenvalue weighted by Crippen LogP contribution is -1.71. The number of hydrogen-bond donors (Lipinski definition) is 1. The normalized spacial score (nSPS) is 16.0. The quantitative estimate of drug-likeness (QED) is 0.585. The third kappa shape index (κ3) is 9.40. The highest BCUT2D eigenvalue weighted by Gasteiger charge is 2.04. The highest BCUT2D eigenvalue weighted by atomic mass is 32.2. The molecule has 0 unspecified atom stereocenters. The van der Waals surface area contributed by atoms with Gasteiger partial charge in [0, 0.05) is 17.3 Å². The van der Waals surface area contributed by atoms with Crippen LogP contribution in [-0.2, 0) is 0 Å². The van der Waals surface area contributed by atoms with Crippen LogP contribution in [0.2, 0.25) is 0 Å². The number of thiol groups is 1. The van der Waals surface area contributed by atoms with Crippen molar-refractivity contribution in [3.63, 3.8) is 0 Å². The summed E-state index contributed by atoms with van der Waals surface area (Å²) in [6.45, 7) is 0. The van der Waals surface area contributed by atoms with E-state index < -0.39 is 0 Å². The van der Waals surface area contributed by atoms with Crippen LogP contribution in [-0.4, -0.2) is 32.8 Å². The Morgan fingerprint density at radius 1 is 1.55 bits per heavy atom. The zero-order valence-corrected chi connectivity index (χ0v) is 10.6. The zero-order chi connectivity index (χ0) is 8.53. The van der Waals surface area contributed by atoms with Crippen molar-refractivity contribution < 1.29 is 0 Å². The lowest BCUT2D eigenvalue weighted by atomic mass is 11.0. The fourth-order valence-corrected chi connectivity index (χ4v) is 3.45. The summed E-state index contributed by atoms with van der Waals surface area (Å²) < 4.78 is 1.12. The van der Waals surface area contributed by atoms with E-state index in [0.717, 1.165) is 9.28 Å². The van der Waals surface area contributed by atoms with E-state index in [9.17, 15) is 0 Å². The van der Waals surface area contributed by atoms with Crippen molar-refractivity contribution in [2.45, 2.75) is 0 Å². The molecule has 0 spiro atoms. The minimum absolute atomic E-state index is 1.00. The van der Waals surface area contributed by atoms with Crippen LogP contribution in [0.5, 0.6) is 0 Å². The number of rotatable bonds is 2. The Bertz CT molecular complexity index is 93.1. The summed E-state index contributed by atoms with van der Waals surface area (Å²) >= 11 is 14.2. The van der Waals surface area contributed by atoms with Gasteiger partial charge in [0.15, 0.2) is 0 Å². The van der Waals surface area contributed by atoms with E-state index in [0.29, 0.717) is 0 Å². The van der Waals surface area contributed by atoms with E-state index in [2.05, 4.69) is 18.9 Å². The largest absolute Gasteiger partial charge is 0.179 e. The fraction of sp³-hybridized carbons (Fsp3) is 0.833. The summed E-state index contributed by atoms with van der Waals surface area (Å²) in [5.74, 6) is 4.62. The standard InChI is InChI=1S/C3H4S3.C3H8S2/c4-3-5-1-2-6-3;1-5-3-2-4/h1-2H2;4H,2-3H2,1H3. The van der Waals surface area contributed by atoms with Gasteiger partial charge in [0.05, 0.1) is 0 Å². The molecule has 5 heteroatoms. The predicted molar refractivity (Wildman–Crippen MR) is 69.7 cm³/mol. The van der Waals surface area contributed by atoms with E-state index in [4.69, 9.17) is 12.2 Å². The minimum Gasteiger partial charge on any atom is -0.179 e. The lowest BCUT2D eigenvalue weighted by Gasteiger charge is -1.79. The van der Waals surface area contributed by atoms with Gasteiger partial charge < -0.3 is 0 Å². The number of thiocarbonyl (C=S) groups is 1. The third-order valence-corrected chi connectivity index (χ3v) is 4.92.